The summed E-state index contributed by atoms with van der Waals surface area (Å²) in [5.41, 5.74) is 0. The number of nitrogens with zero attached hydrogens (tertiary/aromatic N) is 1. The third-order valence-corrected chi connectivity index (χ3v) is 3.96. The summed E-state index contributed by atoms with van der Waals surface area (Å²) in [7, 11) is 1.66. The Morgan fingerprint density at radius 3 is 2.63 bits per heavy atom. The van der Waals surface area contributed by atoms with Crippen molar-refractivity contribution in [2.24, 2.45) is 5.92 Å². The van der Waals surface area contributed by atoms with Gasteiger partial charge in [-0.05, 0) is 32.2 Å². The zero-order valence-corrected chi connectivity index (χ0v) is 12.3. The van der Waals surface area contributed by atoms with Crippen LogP contribution in [0.4, 0.5) is 0 Å². The van der Waals surface area contributed by atoms with Gasteiger partial charge in [-0.15, -0.1) is 12.4 Å². The summed E-state index contributed by atoms with van der Waals surface area (Å²) in [5, 5.41) is 5.96. The van der Waals surface area contributed by atoms with Crippen molar-refractivity contribution >= 4 is 24.2 Å². The van der Waals surface area contributed by atoms with E-state index in [2.05, 4.69) is 10.6 Å². The Morgan fingerprint density at radius 2 is 2.00 bits per heavy atom. The highest BCUT2D eigenvalue weighted by Crippen LogP contribution is 2.19. The number of halogens is 1. The summed E-state index contributed by atoms with van der Waals surface area (Å²) >= 11 is 0. The maximum Gasteiger partial charge on any atom is 0.239 e. The fraction of sp³-hybridized carbons (Fsp3) is 0.846. The molecule has 19 heavy (non-hydrogen) atoms. The first kappa shape index (κ1) is 16.2. The fourth-order valence-electron chi connectivity index (χ4n) is 2.88. The molecule has 0 spiro atoms. The Morgan fingerprint density at radius 1 is 1.21 bits per heavy atom. The molecule has 0 aromatic rings. The molecule has 0 bridgehead atoms. The number of rotatable bonds is 2. The number of carbonyl (C=O) groups excluding carboxylic acids is 2. The smallest absolute Gasteiger partial charge is 0.239 e. The van der Waals surface area contributed by atoms with E-state index in [4.69, 9.17) is 0 Å². The van der Waals surface area contributed by atoms with Crippen molar-refractivity contribution in [3.63, 3.8) is 0 Å². The first-order valence-corrected chi connectivity index (χ1v) is 6.96. The molecule has 0 saturated carbocycles. The van der Waals surface area contributed by atoms with Gasteiger partial charge >= 0.3 is 0 Å². The van der Waals surface area contributed by atoms with E-state index < -0.39 is 0 Å². The van der Waals surface area contributed by atoms with E-state index in [9.17, 15) is 9.59 Å². The number of carbonyl (C=O) groups is 2. The topological polar surface area (TPSA) is 61.4 Å². The molecule has 2 aliphatic rings. The molecular formula is C13H24ClN3O2. The Labute approximate surface area is 120 Å². The normalized spacial score (nSPS) is 27.3. The van der Waals surface area contributed by atoms with Crippen LogP contribution in [0.2, 0.25) is 0 Å². The molecule has 2 aliphatic heterocycles. The van der Waals surface area contributed by atoms with Crippen molar-refractivity contribution in [2.45, 2.75) is 38.1 Å². The molecule has 5 nitrogen and oxygen atoms in total. The molecule has 2 atom stereocenters. The molecule has 2 heterocycles. The Hall–Kier alpha value is -0.810. The van der Waals surface area contributed by atoms with E-state index >= 15 is 0 Å². The maximum atomic E-state index is 12.3. The maximum absolute atomic E-state index is 12.3. The highest BCUT2D eigenvalue weighted by Gasteiger charge is 2.31. The van der Waals surface area contributed by atoms with Gasteiger partial charge in [0, 0.05) is 20.1 Å². The molecule has 2 saturated heterocycles. The zero-order chi connectivity index (χ0) is 13.0. The van der Waals surface area contributed by atoms with Crippen LogP contribution in [0, 0.1) is 5.92 Å². The molecule has 6 heteroatoms. The van der Waals surface area contributed by atoms with Crippen LogP contribution in [0.5, 0.6) is 0 Å². The standard InChI is InChI=1S/C13H23N3O2.ClH/c1-14-12(17)10-5-4-8-16(9-10)13(18)11-6-2-3-7-15-11;/h10-11,15H,2-9H2,1H3,(H,14,17);1H. The molecule has 110 valence electrons. The Kier molecular flexibility index (Phi) is 6.58. The summed E-state index contributed by atoms with van der Waals surface area (Å²) in [6.45, 7) is 2.31. The van der Waals surface area contributed by atoms with Crippen LogP contribution >= 0.6 is 12.4 Å². The Balaban J connectivity index is 0.00000180. The van der Waals surface area contributed by atoms with Gasteiger partial charge in [-0.3, -0.25) is 9.59 Å². The van der Waals surface area contributed by atoms with Gasteiger partial charge in [0.25, 0.3) is 0 Å². The van der Waals surface area contributed by atoms with Gasteiger partial charge in [-0.1, -0.05) is 6.42 Å². The molecule has 2 unspecified atom stereocenters. The minimum atomic E-state index is -0.0312. The summed E-state index contributed by atoms with van der Waals surface area (Å²) in [6, 6.07) is -0.0258. The first-order valence-electron chi connectivity index (χ1n) is 6.96. The molecule has 2 N–H and O–H groups in total. The van der Waals surface area contributed by atoms with Gasteiger partial charge in [0.15, 0.2) is 0 Å². The lowest BCUT2D eigenvalue weighted by Crippen LogP contribution is -2.52. The van der Waals surface area contributed by atoms with E-state index in [-0.39, 0.29) is 36.2 Å². The monoisotopic (exact) mass is 289 g/mol. The third kappa shape index (κ3) is 4.08. The molecule has 2 fully saturated rings. The van der Waals surface area contributed by atoms with Crippen molar-refractivity contribution in [3.05, 3.63) is 0 Å². The lowest BCUT2D eigenvalue weighted by Gasteiger charge is -2.35. The quantitative estimate of drug-likeness (QED) is 0.780. The van der Waals surface area contributed by atoms with E-state index in [1.54, 1.807) is 7.05 Å². The second-order valence-corrected chi connectivity index (χ2v) is 5.24. The molecule has 0 aromatic carbocycles. The first-order chi connectivity index (χ1) is 8.72. The van der Waals surface area contributed by atoms with Crippen molar-refractivity contribution in [3.8, 4) is 0 Å². The minimum absolute atomic E-state index is 0. The minimum Gasteiger partial charge on any atom is -0.359 e. The van der Waals surface area contributed by atoms with Crippen LogP contribution in [-0.4, -0.2) is 49.4 Å². The van der Waals surface area contributed by atoms with Gasteiger partial charge in [0.2, 0.25) is 11.8 Å². The zero-order valence-electron chi connectivity index (χ0n) is 11.5. The summed E-state index contributed by atoms with van der Waals surface area (Å²) in [4.78, 5) is 25.9. The summed E-state index contributed by atoms with van der Waals surface area (Å²) in [5.74, 6) is 0.212. The molecular weight excluding hydrogens is 266 g/mol. The SMILES string of the molecule is CNC(=O)C1CCCN(C(=O)C2CCCCN2)C1.Cl. The van der Waals surface area contributed by atoms with Gasteiger partial charge in [0.1, 0.15) is 0 Å². The lowest BCUT2D eigenvalue weighted by molar-refractivity contribution is -0.137. The van der Waals surface area contributed by atoms with E-state index in [0.29, 0.717) is 6.54 Å². The highest BCUT2D eigenvalue weighted by atomic mass is 35.5. The van der Waals surface area contributed by atoms with Gasteiger partial charge < -0.3 is 15.5 Å². The molecule has 0 aliphatic carbocycles. The fourth-order valence-corrected chi connectivity index (χ4v) is 2.88. The van der Waals surface area contributed by atoms with Gasteiger partial charge in [-0.25, -0.2) is 0 Å². The van der Waals surface area contributed by atoms with Crippen LogP contribution < -0.4 is 10.6 Å². The molecule has 0 aromatic heterocycles. The number of hydrogen-bond donors (Lipinski definition) is 2. The van der Waals surface area contributed by atoms with Crippen molar-refractivity contribution < 1.29 is 9.59 Å². The van der Waals surface area contributed by atoms with Gasteiger partial charge in [-0.2, -0.15) is 0 Å². The van der Waals surface area contributed by atoms with Crippen LogP contribution in [0.1, 0.15) is 32.1 Å². The van der Waals surface area contributed by atoms with Crippen LogP contribution in [0.15, 0.2) is 0 Å². The van der Waals surface area contributed by atoms with Crippen molar-refractivity contribution in [1.82, 2.24) is 15.5 Å². The Bertz CT molecular complexity index is 319. The van der Waals surface area contributed by atoms with Crippen LogP contribution in [0.3, 0.4) is 0 Å². The highest BCUT2D eigenvalue weighted by molar-refractivity contribution is 5.85. The second-order valence-electron chi connectivity index (χ2n) is 5.24. The predicted octanol–water partition coefficient (Wildman–Crippen LogP) is 0.535. The number of nitrogens with one attached hydrogen (secondary N) is 2. The average molecular weight is 290 g/mol. The number of piperidine rings is 2. The summed E-state index contributed by atoms with van der Waals surface area (Å²) < 4.78 is 0. The number of hydrogen-bond acceptors (Lipinski definition) is 3. The lowest BCUT2D eigenvalue weighted by atomic mass is 9.95. The summed E-state index contributed by atoms with van der Waals surface area (Å²) in [6.07, 6.45) is 5.03. The van der Waals surface area contributed by atoms with E-state index in [1.807, 2.05) is 4.90 Å². The number of likely N-dealkylation sites (tertiary alicyclic amines) is 1. The molecule has 2 amide bonds. The van der Waals surface area contributed by atoms with Gasteiger partial charge in [0.05, 0.1) is 12.0 Å². The van der Waals surface area contributed by atoms with E-state index in [0.717, 1.165) is 45.2 Å². The van der Waals surface area contributed by atoms with Crippen LogP contribution in [-0.2, 0) is 9.59 Å². The van der Waals surface area contributed by atoms with Crippen LogP contribution in [0.25, 0.3) is 0 Å². The largest absolute Gasteiger partial charge is 0.359 e. The average Bonchev–Trinajstić information content (AvgIpc) is 2.46. The van der Waals surface area contributed by atoms with E-state index in [1.165, 1.54) is 0 Å². The molecule has 2 rings (SSSR count). The third-order valence-electron chi connectivity index (χ3n) is 3.96. The van der Waals surface area contributed by atoms with Crippen molar-refractivity contribution in [2.75, 3.05) is 26.7 Å². The molecule has 0 radical (unpaired) electrons. The van der Waals surface area contributed by atoms with Crippen molar-refractivity contribution in [1.29, 1.82) is 0 Å². The second kappa shape index (κ2) is 7.70. The predicted molar refractivity (Wildman–Crippen MR) is 76.3 cm³/mol. The number of amides is 2.